The standard InChI is InChI=1S/C3H5O6P/c1-2(4,5)3-7-10(6,8-3)9-3/h4-5H,1H3. The molecule has 0 aromatic rings. The van der Waals surface area contributed by atoms with Gasteiger partial charge < -0.3 is 10.2 Å². The smallest absolute Gasteiger partial charge is 0.360 e. The first-order valence-electron chi connectivity index (χ1n) is 2.54. The monoisotopic (exact) mass is 168 g/mol. The van der Waals surface area contributed by atoms with Gasteiger partial charge in [0.05, 0.1) is 0 Å². The van der Waals surface area contributed by atoms with Crippen LogP contribution < -0.4 is 0 Å². The molecule has 0 aromatic heterocycles. The summed E-state index contributed by atoms with van der Waals surface area (Å²) in [7, 11) is -3.30. The summed E-state index contributed by atoms with van der Waals surface area (Å²) in [5.41, 5.74) is 0. The topological polar surface area (TPSA) is 85.2 Å². The van der Waals surface area contributed by atoms with Gasteiger partial charge in [-0.25, -0.2) is 18.1 Å². The van der Waals surface area contributed by atoms with Crippen LogP contribution in [0.3, 0.4) is 0 Å². The van der Waals surface area contributed by atoms with Crippen LogP contribution in [0.25, 0.3) is 0 Å². The van der Waals surface area contributed by atoms with Crippen LogP contribution in [0.2, 0.25) is 0 Å². The maximum absolute atomic E-state index is 10.5. The zero-order valence-corrected chi connectivity index (χ0v) is 5.87. The molecule has 3 fully saturated rings. The minimum atomic E-state index is -3.30. The van der Waals surface area contributed by atoms with Crippen LogP contribution in [0.15, 0.2) is 0 Å². The molecule has 3 aliphatic heterocycles. The van der Waals surface area contributed by atoms with Gasteiger partial charge in [0.2, 0.25) is 5.79 Å². The van der Waals surface area contributed by atoms with Gasteiger partial charge in [0.15, 0.2) is 0 Å². The second kappa shape index (κ2) is 1.32. The van der Waals surface area contributed by atoms with Gasteiger partial charge in [0.25, 0.3) is 0 Å². The molecule has 3 rings (SSSR count). The summed E-state index contributed by atoms with van der Waals surface area (Å²) in [6.07, 6.45) is 0. The zero-order chi connectivity index (χ0) is 7.62. The summed E-state index contributed by atoms with van der Waals surface area (Å²) < 4.78 is 23.6. The number of hydrogen-bond acceptors (Lipinski definition) is 6. The quantitative estimate of drug-likeness (QED) is 0.406. The van der Waals surface area contributed by atoms with E-state index < -0.39 is 19.6 Å². The Labute approximate surface area is 55.9 Å². The Bertz CT molecular complexity index is 201. The summed E-state index contributed by atoms with van der Waals surface area (Å²) in [4.78, 5) is 0. The van der Waals surface area contributed by atoms with Crippen molar-refractivity contribution < 1.29 is 28.3 Å². The average molecular weight is 168 g/mol. The lowest BCUT2D eigenvalue weighted by Gasteiger charge is -2.58. The van der Waals surface area contributed by atoms with E-state index in [-0.39, 0.29) is 0 Å². The van der Waals surface area contributed by atoms with E-state index in [1.807, 2.05) is 0 Å². The summed E-state index contributed by atoms with van der Waals surface area (Å²) >= 11 is 0. The van der Waals surface area contributed by atoms with Gasteiger partial charge >= 0.3 is 13.8 Å². The molecule has 0 spiro atoms. The molecule has 0 unspecified atom stereocenters. The predicted molar refractivity (Wildman–Crippen MR) is 26.4 cm³/mol. The Morgan fingerprint density at radius 2 is 1.80 bits per heavy atom. The molecule has 0 aromatic carbocycles. The number of phosphoric acid groups is 1. The van der Waals surface area contributed by atoms with Crippen LogP contribution in [0.5, 0.6) is 0 Å². The first-order valence-corrected chi connectivity index (χ1v) is 4.00. The highest BCUT2D eigenvalue weighted by atomic mass is 31.2. The Morgan fingerprint density at radius 3 is 1.90 bits per heavy atom. The Hall–Kier alpha value is 0.0300. The van der Waals surface area contributed by atoms with Gasteiger partial charge in [-0.05, 0) is 6.92 Å². The van der Waals surface area contributed by atoms with Gasteiger partial charge in [-0.3, -0.25) is 0 Å². The molecule has 6 nitrogen and oxygen atoms in total. The second-order valence-corrected chi connectivity index (χ2v) is 3.74. The molecule has 2 N–H and O–H groups in total. The van der Waals surface area contributed by atoms with Crippen molar-refractivity contribution in [3.05, 3.63) is 0 Å². The van der Waals surface area contributed by atoms with E-state index in [0.717, 1.165) is 6.92 Å². The number of hydrogen-bond donors (Lipinski definition) is 2. The lowest BCUT2D eigenvalue weighted by Crippen LogP contribution is -2.70. The van der Waals surface area contributed by atoms with E-state index >= 15 is 0 Å². The lowest BCUT2D eigenvalue weighted by molar-refractivity contribution is -0.517. The second-order valence-electron chi connectivity index (χ2n) is 2.30. The molecule has 0 saturated carbocycles. The molecule has 0 amide bonds. The molecule has 58 valence electrons. The number of rotatable bonds is 1. The summed E-state index contributed by atoms with van der Waals surface area (Å²) in [5.74, 6) is -4.15. The molecule has 2 bridgehead atoms. The van der Waals surface area contributed by atoms with E-state index in [1.54, 1.807) is 0 Å². The molecule has 7 heteroatoms. The van der Waals surface area contributed by atoms with Gasteiger partial charge in [0.1, 0.15) is 0 Å². The highest BCUT2D eigenvalue weighted by molar-refractivity contribution is 7.51. The summed E-state index contributed by atoms with van der Waals surface area (Å²) in [6.45, 7) is 1.01. The van der Waals surface area contributed by atoms with Gasteiger partial charge in [0, 0.05) is 0 Å². The minimum Gasteiger partial charge on any atom is -0.360 e. The molecule has 3 heterocycles. The predicted octanol–water partition coefficient (Wildman–Crippen LogP) is -0.474. The molecule has 10 heavy (non-hydrogen) atoms. The van der Waals surface area contributed by atoms with Crippen LogP contribution in [0.1, 0.15) is 6.92 Å². The van der Waals surface area contributed by atoms with E-state index in [0.29, 0.717) is 0 Å². The zero-order valence-electron chi connectivity index (χ0n) is 4.97. The Balaban J connectivity index is 2.18. The molecule has 0 radical (unpaired) electrons. The highest BCUT2D eigenvalue weighted by Gasteiger charge is 2.82. The third-order valence-electron chi connectivity index (χ3n) is 1.28. The van der Waals surface area contributed by atoms with Crippen LogP contribution in [-0.2, 0) is 18.1 Å². The van der Waals surface area contributed by atoms with E-state index in [2.05, 4.69) is 13.6 Å². The SMILES string of the molecule is CC(O)(O)C12OP(=O)(O1)O2. The molecule has 3 saturated heterocycles. The van der Waals surface area contributed by atoms with Crippen molar-refractivity contribution >= 4 is 7.82 Å². The largest absolute Gasteiger partial charge is 0.488 e. The maximum Gasteiger partial charge on any atom is 0.488 e. The van der Waals surface area contributed by atoms with Crippen molar-refractivity contribution in [2.24, 2.45) is 0 Å². The summed E-state index contributed by atoms with van der Waals surface area (Å²) in [5, 5.41) is 17.6. The summed E-state index contributed by atoms with van der Waals surface area (Å²) in [6, 6.07) is 0. The van der Waals surface area contributed by atoms with Crippen LogP contribution in [0.4, 0.5) is 0 Å². The molecule has 0 aliphatic carbocycles. The van der Waals surface area contributed by atoms with Crippen molar-refractivity contribution in [3.63, 3.8) is 0 Å². The van der Waals surface area contributed by atoms with Crippen LogP contribution >= 0.6 is 7.82 Å². The van der Waals surface area contributed by atoms with Crippen molar-refractivity contribution in [1.82, 2.24) is 0 Å². The number of aliphatic hydroxyl groups is 2. The minimum absolute atomic E-state index is 1.01. The molecular formula is C3H5O6P. The normalized spacial score (nSPS) is 51.5. The Kier molecular flexibility index (Phi) is 0.885. The van der Waals surface area contributed by atoms with Gasteiger partial charge in [-0.2, -0.15) is 0 Å². The molecular weight excluding hydrogens is 163 g/mol. The van der Waals surface area contributed by atoms with Crippen molar-refractivity contribution in [3.8, 4) is 0 Å². The third kappa shape index (κ3) is 0.543. The first-order chi connectivity index (χ1) is 4.37. The van der Waals surface area contributed by atoms with E-state index in [9.17, 15) is 4.57 Å². The fraction of sp³-hybridized carbons (Fsp3) is 1.00. The number of phosphoric ester groups is 1. The highest BCUT2D eigenvalue weighted by Crippen LogP contribution is 2.81. The maximum atomic E-state index is 10.5. The third-order valence-corrected chi connectivity index (χ3v) is 2.67. The van der Waals surface area contributed by atoms with Gasteiger partial charge in [-0.15, -0.1) is 0 Å². The van der Waals surface area contributed by atoms with Crippen LogP contribution in [0, 0.1) is 0 Å². The van der Waals surface area contributed by atoms with E-state index in [4.69, 9.17) is 10.2 Å². The van der Waals surface area contributed by atoms with Crippen molar-refractivity contribution in [2.75, 3.05) is 0 Å². The first kappa shape index (κ1) is 6.72. The fourth-order valence-electron chi connectivity index (χ4n) is 0.721. The molecule has 0 atom stereocenters. The lowest BCUT2D eigenvalue weighted by atomic mass is 10.3. The van der Waals surface area contributed by atoms with Gasteiger partial charge in [-0.1, -0.05) is 0 Å². The van der Waals surface area contributed by atoms with Crippen molar-refractivity contribution in [1.29, 1.82) is 0 Å². The van der Waals surface area contributed by atoms with E-state index in [1.165, 1.54) is 0 Å². The fourth-order valence-corrected chi connectivity index (χ4v) is 2.16. The Morgan fingerprint density at radius 1 is 1.40 bits per heavy atom. The van der Waals surface area contributed by atoms with Crippen LogP contribution in [-0.4, -0.2) is 22.0 Å². The average Bonchev–Trinajstić information content (AvgIpc) is 1.51. The van der Waals surface area contributed by atoms with Crippen molar-refractivity contribution in [2.45, 2.75) is 18.7 Å². The molecule has 3 aliphatic rings.